The van der Waals surface area contributed by atoms with Crippen molar-refractivity contribution in [2.45, 2.75) is 85.3 Å². The Labute approximate surface area is 180 Å². The summed E-state index contributed by atoms with van der Waals surface area (Å²) in [5.41, 5.74) is 4.76. The molecule has 1 heterocycles. The van der Waals surface area contributed by atoms with Gasteiger partial charge in [0.2, 0.25) is 0 Å². The van der Waals surface area contributed by atoms with Gasteiger partial charge in [-0.25, -0.2) is 0 Å². The highest BCUT2D eigenvalue weighted by Gasteiger charge is 2.59. The van der Waals surface area contributed by atoms with E-state index >= 15 is 0 Å². The van der Waals surface area contributed by atoms with E-state index in [1.165, 1.54) is 5.57 Å². The number of aromatic nitrogens is 2. The molecule has 162 valence electrons. The van der Waals surface area contributed by atoms with Gasteiger partial charge < -0.3 is 5.11 Å². The van der Waals surface area contributed by atoms with Gasteiger partial charge in [-0.15, -0.1) is 0 Å². The third-order valence-corrected chi connectivity index (χ3v) is 9.49. The quantitative estimate of drug-likeness (QED) is 0.547. The second kappa shape index (κ2) is 6.91. The van der Waals surface area contributed by atoms with E-state index in [1.807, 2.05) is 10.9 Å². The molecular weight excluding hydrogens is 372 g/mol. The lowest BCUT2D eigenvalue weighted by molar-refractivity contribution is -0.130. The minimum Gasteiger partial charge on any atom is -0.393 e. The summed E-state index contributed by atoms with van der Waals surface area (Å²) in [6.45, 7) is 9.74. The van der Waals surface area contributed by atoms with E-state index < -0.39 is 0 Å². The van der Waals surface area contributed by atoms with Gasteiger partial charge in [-0.3, -0.25) is 9.48 Å². The van der Waals surface area contributed by atoms with E-state index in [4.69, 9.17) is 0 Å². The van der Waals surface area contributed by atoms with E-state index in [1.54, 1.807) is 0 Å². The summed E-state index contributed by atoms with van der Waals surface area (Å²) in [7, 11) is 0. The maximum atomic E-state index is 13.6. The van der Waals surface area contributed by atoms with Crippen LogP contribution in [0.15, 0.2) is 23.4 Å². The lowest BCUT2D eigenvalue weighted by Gasteiger charge is -2.56. The molecule has 0 aliphatic heterocycles. The van der Waals surface area contributed by atoms with Crippen LogP contribution < -0.4 is 0 Å². The standard InChI is InChI=1S/C26H36N2O2/c1-5-28-16(2)18(15-27-28)12-17-13-23-21-7-6-19-14-20(29)8-10-25(19,3)22(21)9-11-26(23,4)24(17)30/h6,12,15,20-23,29H,5,7-11,13-14H2,1-4H3/b17-12-/t20-,21+,22-,23-,25+,26+/m1/s1. The van der Waals surface area contributed by atoms with Gasteiger partial charge in [-0.1, -0.05) is 25.5 Å². The molecule has 0 spiro atoms. The van der Waals surface area contributed by atoms with Gasteiger partial charge in [0.25, 0.3) is 0 Å². The van der Waals surface area contributed by atoms with E-state index in [2.05, 4.69) is 44.9 Å². The molecule has 1 aromatic heterocycles. The SMILES string of the molecule is CCn1ncc(/C=C2/C[C@@H]3[C@H]4CC=C5C[C@H](O)CC[C@]5(C)[C@@H]4CC[C@]3(C)C2=O)c1C. The summed E-state index contributed by atoms with van der Waals surface area (Å²) < 4.78 is 2.00. The smallest absolute Gasteiger partial charge is 0.165 e. The number of carbonyl (C=O) groups is 1. The fraction of sp³-hybridized carbons (Fsp3) is 0.692. The summed E-state index contributed by atoms with van der Waals surface area (Å²) >= 11 is 0. The van der Waals surface area contributed by atoms with Gasteiger partial charge in [0.1, 0.15) is 0 Å². The molecule has 0 unspecified atom stereocenters. The molecule has 5 rings (SSSR count). The Morgan fingerprint density at radius 2 is 1.97 bits per heavy atom. The number of rotatable bonds is 2. The molecular formula is C26H36N2O2. The molecule has 4 aliphatic carbocycles. The number of hydrogen-bond donors (Lipinski definition) is 1. The van der Waals surface area contributed by atoms with E-state index in [0.29, 0.717) is 23.5 Å². The van der Waals surface area contributed by atoms with Crippen LogP contribution in [0, 0.1) is 35.5 Å². The second-order valence-corrected chi connectivity index (χ2v) is 10.8. The van der Waals surface area contributed by atoms with Crippen LogP contribution in [-0.2, 0) is 11.3 Å². The molecule has 4 aliphatic rings. The summed E-state index contributed by atoms with van der Waals surface area (Å²) in [6.07, 6.45) is 13.3. The normalized spacial score (nSPS) is 42.0. The van der Waals surface area contributed by atoms with Crippen molar-refractivity contribution in [1.29, 1.82) is 0 Å². The molecule has 0 saturated heterocycles. The number of hydrogen-bond acceptors (Lipinski definition) is 3. The zero-order chi connectivity index (χ0) is 21.3. The van der Waals surface area contributed by atoms with Gasteiger partial charge >= 0.3 is 0 Å². The van der Waals surface area contributed by atoms with E-state index in [-0.39, 0.29) is 16.9 Å². The molecule has 3 saturated carbocycles. The van der Waals surface area contributed by atoms with Crippen molar-refractivity contribution in [3.63, 3.8) is 0 Å². The number of aliphatic hydroxyl groups is 1. The maximum Gasteiger partial charge on any atom is 0.165 e. The third-order valence-electron chi connectivity index (χ3n) is 9.49. The van der Waals surface area contributed by atoms with Crippen LogP contribution >= 0.6 is 0 Å². The number of aryl methyl sites for hydroxylation is 1. The Morgan fingerprint density at radius 1 is 1.20 bits per heavy atom. The Balaban J connectivity index is 1.48. The van der Waals surface area contributed by atoms with Crippen LogP contribution in [0.4, 0.5) is 0 Å². The molecule has 1 N–H and O–H groups in total. The van der Waals surface area contributed by atoms with Crippen molar-refractivity contribution in [2.75, 3.05) is 0 Å². The van der Waals surface area contributed by atoms with Crippen molar-refractivity contribution < 1.29 is 9.90 Å². The number of Topliss-reactive ketones (excluding diaryl/α,β-unsaturated/α-hetero) is 1. The lowest BCUT2D eigenvalue weighted by Crippen LogP contribution is -2.50. The van der Waals surface area contributed by atoms with E-state index in [0.717, 1.165) is 68.3 Å². The minimum atomic E-state index is -0.211. The van der Waals surface area contributed by atoms with Crippen LogP contribution in [0.25, 0.3) is 6.08 Å². The van der Waals surface area contributed by atoms with Gasteiger partial charge in [0.05, 0.1) is 12.3 Å². The number of nitrogens with zero attached hydrogens (tertiary/aromatic N) is 2. The highest BCUT2D eigenvalue weighted by atomic mass is 16.3. The molecule has 0 bridgehead atoms. The number of ketones is 1. The third kappa shape index (κ3) is 2.75. The molecule has 6 atom stereocenters. The Bertz CT molecular complexity index is 941. The molecule has 4 nitrogen and oxygen atoms in total. The molecule has 0 amide bonds. The van der Waals surface area contributed by atoms with Gasteiger partial charge in [-0.05, 0) is 93.6 Å². The second-order valence-electron chi connectivity index (χ2n) is 10.8. The van der Waals surface area contributed by atoms with Crippen molar-refractivity contribution in [3.8, 4) is 0 Å². The minimum absolute atomic E-state index is 0.162. The first-order valence-electron chi connectivity index (χ1n) is 11.9. The summed E-state index contributed by atoms with van der Waals surface area (Å²) in [5.74, 6) is 2.06. The summed E-state index contributed by atoms with van der Waals surface area (Å²) in [4.78, 5) is 13.6. The van der Waals surface area contributed by atoms with Crippen LogP contribution in [0.3, 0.4) is 0 Å². The molecule has 30 heavy (non-hydrogen) atoms. The first-order chi connectivity index (χ1) is 14.3. The van der Waals surface area contributed by atoms with Gasteiger partial charge in [0.15, 0.2) is 5.78 Å². The maximum absolute atomic E-state index is 13.6. The molecule has 0 aromatic carbocycles. The highest BCUT2D eigenvalue weighted by Crippen LogP contribution is 2.64. The molecule has 0 radical (unpaired) electrons. The number of allylic oxidation sites excluding steroid dienone is 2. The number of carbonyl (C=O) groups excluding carboxylic acids is 1. The Morgan fingerprint density at radius 3 is 2.70 bits per heavy atom. The average molecular weight is 409 g/mol. The van der Waals surface area contributed by atoms with Gasteiger partial charge in [0, 0.05) is 23.2 Å². The van der Waals surface area contributed by atoms with Crippen molar-refractivity contribution >= 4 is 11.9 Å². The average Bonchev–Trinajstić information content (AvgIpc) is 3.20. The van der Waals surface area contributed by atoms with Crippen LogP contribution in [0.1, 0.15) is 77.0 Å². The van der Waals surface area contributed by atoms with Crippen molar-refractivity contribution in [2.24, 2.45) is 28.6 Å². The molecule has 1 aromatic rings. The Kier molecular flexibility index (Phi) is 4.66. The van der Waals surface area contributed by atoms with Crippen LogP contribution in [-0.4, -0.2) is 26.8 Å². The summed E-state index contributed by atoms with van der Waals surface area (Å²) in [5, 5.41) is 14.7. The largest absolute Gasteiger partial charge is 0.393 e. The first kappa shape index (κ1) is 20.2. The predicted molar refractivity (Wildman–Crippen MR) is 119 cm³/mol. The topological polar surface area (TPSA) is 55.1 Å². The van der Waals surface area contributed by atoms with E-state index in [9.17, 15) is 9.90 Å². The van der Waals surface area contributed by atoms with Crippen LogP contribution in [0.2, 0.25) is 0 Å². The monoisotopic (exact) mass is 408 g/mol. The zero-order valence-corrected chi connectivity index (χ0v) is 18.9. The van der Waals surface area contributed by atoms with Crippen molar-refractivity contribution in [3.05, 3.63) is 34.7 Å². The zero-order valence-electron chi connectivity index (χ0n) is 18.9. The highest BCUT2D eigenvalue weighted by molar-refractivity contribution is 6.06. The summed E-state index contributed by atoms with van der Waals surface area (Å²) in [6, 6.07) is 0. The van der Waals surface area contributed by atoms with Crippen molar-refractivity contribution in [1.82, 2.24) is 9.78 Å². The van der Waals surface area contributed by atoms with Gasteiger partial charge in [-0.2, -0.15) is 5.10 Å². The lowest BCUT2D eigenvalue weighted by atomic mass is 9.48. The fourth-order valence-corrected chi connectivity index (χ4v) is 7.55. The first-order valence-corrected chi connectivity index (χ1v) is 11.9. The predicted octanol–water partition coefficient (Wildman–Crippen LogP) is 5.10. The van der Waals surface area contributed by atoms with Crippen LogP contribution in [0.5, 0.6) is 0 Å². The molecule has 4 heteroatoms. The number of aliphatic hydroxyl groups excluding tert-OH is 1. The fourth-order valence-electron chi connectivity index (χ4n) is 7.55. The Hall–Kier alpha value is -1.68. The number of fused-ring (bicyclic) bond motifs is 5. The molecule has 3 fully saturated rings.